The molecule has 0 amide bonds. The highest BCUT2D eigenvalue weighted by molar-refractivity contribution is 5.74. The summed E-state index contributed by atoms with van der Waals surface area (Å²) in [4.78, 5) is 31.6. The summed E-state index contributed by atoms with van der Waals surface area (Å²) in [5.41, 5.74) is 4.37. The molecule has 0 radical (unpaired) electrons. The fourth-order valence-corrected chi connectivity index (χ4v) is 2.85. The van der Waals surface area contributed by atoms with E-state index >= 15 is 0 Å². The molecule has 1 N–H and O–H groups in total. The molecule has 0 aromatic carbocycles. The van der Waals surface area contributed by atoms with Crippen LogP contribution in [0, 0.1) is 0 Å². The van der Waals surface area contributed by atoms with Gasteiger partial charge in [-0.3, -0.25) is 9.78 Å². The monoisotopic (exact) mass is 346 g/mol. The van der Waals surface area contributed by atoms with Crippen molar-refractivity contribution < 1.29 is 0 Å². The largest absolute Gasteiger partial charge is 0.328 e. The van der Waals surface area contributed by atoms with E-state index in [0.717, 1.165) is 28.0 Å². The lowest BCUT2D eigenvalue weighted by Crippen LogP contribution is -2.03. The van der Waals surface area contributed by atoms with Gasteiger partial charge in [0.1, 0.15) is 5.52 Å². The Morgan fingerprint density at radius 1 is 1.12 bits per heavy atom. The number of fused-ring (bicyclic) bond motifs is 1. The van der Waals surface area contributed by atoms with Gasteiger partial charge in [-0.25, -0.2) is 15.0 Å². The molecule has 0 unspecified atom stereocenters. The molecule has 0 fully saturated rings. The summed E-state index contributed by atoms with van der Waals surface area (Å²) in [7, 11) is 0. The average molecular weight is 346 g/mol. The van der Waals surface area contributed by atoms with Gasteiger partial charge in [0, 0.05) is 42.2 Å². The van der Waals surface area contributed by atoms with Crippen molar-refractivity contribution in [3.63, 3.8) is 0 Å². The van der Waals surface area contributed by atoms with Gasteiger partial charge in [0.15, 0.2) is 5.82 Å². The Kier molecular flexibility index (Phi) is 4.04. The van der Waals surface area contributed by atoms with E-state index in [9.17, 15) is 4.79 Å². The third kappa shape index (κ3) is 3.11. The van der Waals surface area contributed by atoms with Crippen LogP contribution in [-0.2, 0) is 6.42 Å². The predicted octanol–water partition coefficient (Wildman–Crippen LogP) is 2.75. The first kappa shape index (κ1) is 16.1. The second-order valence-corrected chi connectivity index (χ2v) is 6.40. The van der Waals surface area contributed by atoms with Crippen LogP contribution < -0.4 is 5.56 Å². The Balaban J connectivity index is 1.66. The molecule has 4 aromatic heterocycles. The molecule has 0 aliphatic heterocycles. The van der Waals surface area contributed by atoms with Gasteiger partial charge in [-0.15, -0.1) is 0 Å². The predicted molar refractivity (Wildman–Crippen MR) is 98.8 cm³/mol. The number of hydrogen-bond donors (Lipinski definition) is 1. The number of rotatable bonds is 4. The van der Waals surface area contributed by atoms with Gasteiger partial charge >= 0.3 is 0 Å². The van der Waals surface area contributed by atoms with Crippen LogP contribution in [0.15, 0.2) is 54.0 Å². The topological polar surface area (TPSA) is 89.4 Å². The first-order chi connectivity index (χ1) is 12.6. The van der Waals surface area contributed by atoms with E-state index in [1.807, 2.05) is 12.4 Å². The van der Waals surface area contributed by atoms with Crippen molar-refractivity contribution in [2.75, 3.05) is 0 Å². The van der Waals surface area contributed by atoms with Crippen molar-refractivity contribution in [2.24, 2.45) is 0 Å². The molecular weight excluding hydrogens is 328 g/mol. The minimum Gasteiger partial charge on any atom is -0.328 e. The summed E-state index contributed by atoms with van der Waals surface area (Å²) in [5, 5.41) is 0. The summed E-state index contributed by atoms with van der Waals surface area (Å²) in [6.45, 7) is 4.25. The molecule has 0 aliphatic rings. The van der Waals surface area contributed by atoms with Gasteiger partial charge in [-0.1, -0.05) is 0 Å². The minimum absolute atomic E-state index is 0.149. The Morgan fingerprint density at radius 3 is 2.77 bits per heavy atom. The molecule has 0 saturated heterocycles. The van der Waals surface area contributed by atoms with Crippen molar-refractivity contribution >= 4 is 11.0 Å². The number of imidazole rings is 1. The van der Waals surface area contributed by atoms with Crippen molar-refractivity contribution in [3.8, 4) is 11.4 Å². The molecule has 0 saturated carbocycles. The fraction of sp³-hybridized carbons (Fsp3) is 0.211. The number of aromatic nitrogens is 6. The third-order valence-corrected chi connectivity index (χ3v) is 4.19. The quantitative estimate of drug-likeness (QED) is 0.614. The van der Waals surface area contributed by atoms with E-state index < -0.39 is 0 Å². The van der Waals surface area contributed by atoms with Gasteiger partial charge in [0.2, 0.25) is 5.56 Å². The van der Waals surface area contributed by atoms with E-state index in [1.165, 1.54) is 6.07 Å². The molecule has 0 aliphatic carbocycles. The maximum absolute atomic E-state index is 11.2. The summed E-state index contributed by atoms with van der Waals surface area (Å²) < 4.78 is 2.13. The normalized spacial score (nSPS) is 11.3. The Labute approximate surface area is 149 Å². The summed E-state index contributed by atoms with van der Waals surface area (Å²) >= 11 is 0. The maximum Gasteiger partial charge on any atom is 0.247 e. The number of nitrogens with zero attached hydrogens (tertiary/aromatic N) is 5. The highest BCUT2D eigenvalue weighted by Gasteiger charge is 2.09. The van der Waals surface area contributed by atoms with E-state index in [0.29, 0.717) is 18.3 Å². The molecule has 0 bridgehead atoms. The number of H-pyrrole nitrogens is 1. The van der Waals surface area contributed by atoms with Crippen LogP contribution in [0.5, 0.6) is 0 Å². The molecule has 26 heavy (non-hydrogen) atoms. The lowest BCUT2D eigenvalue weighted by molar-refractivity contribution is 0.617. The fourth-order valence-electron chi connectivity index (χ4n) is 2.85. The van der Waals surface area contributed by atoms with Gasteiger partial charge < -0.3 is 9.55 Å². The minimum atomic E-state index is -0.149. The highest BCUT2D eigenvalue weighted by Crippen LogP contribution is 2.19. The molecule has 0 atom stereocenters. The lowest BCUT2D eigenvalue weighted by Gasteiger charge is -2.08. The standard InChI is InChI=1S/C19H18N6O/c1-12(2)25-11-23-16-10-21-15(8-17(16)25)7-14-5-6-20-19(24-14)13-3-4-18(26)22-9-13/h3-6,8-12H,7H2,1-2H3,(H,22,26). The van der Waals surface area contributed by atoms with Gasteiger partial charge in [0.05, 0.1) is 23.7 Å². The van der Waals surface area contributed by atoms with Crippen LogP contribution in [0.3, 0.4) is 0 Å². The summed E-state index contributed by atoms with van der Waals surface area (Å²) in [6, 6.07) is 7.45. The number of nitrogens with one attached hydrogen (secondary N) is 1. The van der Waals surface area contributed by atoms with Gasteiger partial charge in [0.25, 0.3) is 0 Å². The van der Waals surface area contributed by atoms with Gasteiger partial charge in [-0.05, 0) is 32.0 Å². The second-order valence-electron chi connectivity index (χ2n) is 6.40. The SMILES string of the molecule is CC(C)n1cnc2cnc(Cc3ccnc(-c4ccc(=O)[nH]c4)n3)cc21. The molecule has 7 nitrogen and oxygen atoms in total. The molecule has 4 aromatic rings. The Morgan fingerprint density at radius 2 is 2.00 bits per heavy atom. The zero-order valence-electron chi connectivity index (χ0n) is 14.5. The van der Waals surface area contributed by atoms with E-state index in [-0.39, 0.29) is 5.56 Å². The Hall–Kier alpha value is -3.35. The maximum atomic E-state index is 11.2. The van der Waals surface area contributed by atoms with Crippen LogP contribution in [-0.4, -0.2) is 29.5 Å². The number of aromatic amines is 1. The van der Waals surface area contributed by atoms with E-state index in [2.05, 4.69) is 49.4 Å². The first-order valence-corrected chi connectivity index (χ1v) is 8.42. The molecular formula is C19H18N6O. The molecule has 4 rings (SSSR count). The van der Waals surface area contributed by atoms with Crippen molar-refractivity contribution in [1.29, 1.82) is 0 Å². The molecule has 7 heteroatoms. The zero-order valence-corrected chi connectivity index (χ0v) is 14.5. The van der Waals surface area contributed by atoms with Crippen LogP contribution in [0.1, 0.15) is 31.3 Å². The van der Waals surface area contributed by atoms with Gasteiger partial charge in [-0.2, -0.15) is 0 Å². The number of hydrogen-bond acceptors (Lipinski definition) is 5. The average Bonchev–Trinajstić information content (AvgIpc) is 3.06. The van der Waals surface area contributed by atoms with Crippen molar-refractivity contribution in [1.82, 2.24) is 29.5 Å². The summed E-state index contributed by atoms with van der Waals surface area (Å²) in [6.07, 6.45) is 7.58. The van der Waals surface area contributed by atoms with Crippen molar-refractivity contribution in [3.05, 3.63) is 70.9 Å². The van der Waals surface area contributed by atoms with E-state index in [1.54, 1.807) is 24.7 Å². The summed E-state index contributed by atoms with van der Waals surface area (Å²) in [5.74, 6) is 0.576. The molecule has 130 valence electrons. The second kappa shape index (κ2) is 6.51. The Bertz CT molecular complexity index is 1110. The van der Waals surface area contributed by atoms with Crippen LogP contribution in [0.2, 0.25) is 0 Å². The van der Waals surface area contributed by atoms with E-state index in [4.69, 9.17) is 0 Å². The smallest absolute Gasteiger partial charge is 0.247 e. The molecule has 4 heterocycles. The lowest BCUT2D eigenvalue weighted by atomic mass is 10.2. The van der Waals surface area contributed by atoms with Crippen molar-refractivity contribution in [2.45, 2.75) is 26.3 Å². The van der Waals surface area contributed by atoms with Crippen LogP contribution in [0.25, 0.3) is 22.4 Å². The number of pyridine rings is 2. The molecule has 0 spiro atoms. The first-order valence-electron chi connectivity index (χ1n) is 8.42. The zero-order chi connectivity index (χ0) is 18.1. The van der Waals surface area contributed by atoms with Crippen LogP contribution >= 0.6 is 0 Å². The highest BCUT2D eigenvalue weighted by atomic mass is 16.1. The third-order valence-electron chi connectivity index (χ3n) is 4.19. The van der Waals surface area contributed by atoms with Crippen LogP contribution in [0.4, 0.5) is 0 Å².